The second kappa shape index (κ2) is 4.29. The monoisotopic (exact) mass is 234 g/mol. The first-order valence-electron chi connectivity index (χ1n) is 5.70. The lowest BCUT2D eigenvalue weighted by molar-refractivity contribution is 0.505. The lowest BCUT2D eigenvalue weighted by atomic mass is 9.99. The van der Waals surface area contributed by atoms with Gasteiger partial charge in [0.2, 0.25) is 0 Å². The van der Waals surface area contributed by atoms with Crippen LogP contribution in [0.15, 0.2) is 12.5 Å². The molecule has 2 aromatic heterocycles. The van der Waals surface area contributed by atoms with Gasteiger partial charge in [-0.25, -0.2) is 9.97 Å². The Morgan fingerprint density at radius 2 is 2.24 bits per heavy atom. The van der Waals surface area contributed by atoms with Crippen molar-refractivity contribution in [1.29, 1.82) is 0 Å². The van der Waals surface area contributed by atoms with Gasteiger partial charge in [-0.1, -0.05) is 6.92 Å². The summed E-state index contributed by atoms with van der Waals surface area (Å²) in [6.45, 7) is 4.73. The van der Waals surface area contributed by atoms with Crippen molar-refractivity contribution >= 4 is 16.9 Å². The molecular formula is C11H18N6. The van der Waals surface area contributed by atoms with Crippen LogP contribution in [-0.2, 0) is 7.05 Å². The van der Waals surface area contributed by atoms with Crippen molar-refractivity contribution in [2.75, 3.05) is 11.9 Å². The van der Waals surface area contributed by atoms with Gasteiger partial charge < -0.3 is 11.1 Å². The first kappa shape index (κ1) is 11.8. The molecule has 2 rings (SSSR count). The molecule has 1 unspecified atom stereocenters. The maximum atomic E-state index is 5.79. The number of nitrogens with two attached hydrogens (primary N) is 1. The van der Waals surface area contributed by atoms with Crippen molar-refractivity contribution in [3.63, 3.8) is 0 Å². The number of hydrogen-bond donors (Lipinski definition) is 2. The summed E-state index contributed by atoms with van der Waals surface area (Å²) >= 11 is 0. The van der Waals surface area contributed by atoms with E-state index in [0.717, 1.165) is 23.3 Å². The summed E-state index contributed by atoms with van der Waals surface area (Å²) in [7, 11) is 1.86. The molecule has 0 aliphatic rings. The SMILES string of the molecule is CCC(C)(CN)Nc1ncnc2c1cnn2C. The van der Waals surface area contributed by atoms with Crippen molar-refractivity contribution in [3.05, 3.63) is 12.5 Å². The lowest BCUT2D eigenvalue weighted by Gasteiger charge is -2.28. The van der Waals surface area contributed by atoms with Crippen LogP contribution in [0, 0.1) is 0 Å². The summed E-state index contributed by atoms with van der Waals surface area (Å²) in [6, 6.07) is 0. The lowest BCUT2D eigenvalue weighted by Crippen LogP contribution is -2.42. The molecule has 2 heterocycles. The van der Waals surface area contributed by atoms with E-state index in [1.54, 1.807) is 17.2 Å². The molecule has 0 radical (unpaired) electrons. The smallest absolute Gasteiger partial charge is 0.163 e. The normalized spacial score (nSPS) is 14.8. The predicted octanol–water partition coefficient (Wildman–Crippen LogP) is 0.903. The van der Waals surface area contributed by atoms with Crippen LogP contribution < -0.4 is 11.1 Å². The van der Waals surface area contributed by atoms with Gasteiger partial charge in [0.15, 0.2) is 5.65 Å². The number of aromatic nitrogens is 4. The largest absolute Gasteiger partial charge is 0.363 e. The minimum atomic E-state index is -0.156. The highest BCUT2D eigenvalue weighted by atomic mass is 15.3. The van der Waals surface area contributed by atoms with Gasteiger partial charge in [0.05, 0.1) is 11.6 Å². The highest BCUT2D eigenvalue weighted by Crippen LogP contribution is 2.22. The van der Waals surface area contributed by atoms with Gasteiger partial charge in [0.1, 0.15) is 12.1 Å². The van der Waals surface area contributed by atoms with E-state index in [0.29, 0.717) is 6.54 Å². The van der Waals surface area contributed by atoms with E-state index in [9.17, 15) is 0 Å². The Balaban J connectivity index is 2.42. The van der Waals surface area contributed by atoms with Crippen LogP contribution in [0.1, 0.15) is 20.3 Å². The van der Waals surface area contributed by atoms with Gasteiger partial charge in [0.25, 0.3) is 0 Å². The number of rotatable bonds is 4. The molecule has 0 aliphatic carbocycles. The van der Waals surface area contributed by atoms with Gasteiger partial charge in [-0.3, -0.25) is 4.68 Å². The number of aryl methyl sites for hydroxylation is 1. The standard InChI is InChI=1S/C11H18N6/c1-4-11(2,6-12)16-9-8-5-15-17(3)10(8)14-7-13-9/h5,7H,4,6,12H2,1-3H3,(H,13,14,16). The molecule has 0 bridgehead atoms. The van der Waals surface area contributed by atoms with E-state index in [-0.39, 0.29) is 5.54 Å². The molecule has 0 fully saturated rings. The van der Waals surface area contributed by atoms with Crippen molar-refractivity contribution < 1.29 is 0 Å². The summed E-state index contributed by atoms with van der Waals surface area (Å²) < 4.78 is 1.73. The van der Waals surface area contributed by atoms with E-state index >= 15 is 0 Å². The Labute approximate surface area is 100 Å². The molecule has 0 saturated carbocycles. The Hall–Kier alpha value is -1.69. The molecule has 2 aromatic rings. The van der Waals surface area contributed by atoms with E-state index in [4.69, 9.17) is 5.73 Å². The molecule has 0 saturated heterocycles. The van der Waals surface area contributed by atoms with Crippen LogP contribution in [0.5, 0.6) is 0 Å². The highest BCUT2D eigenvalue weighted by Gasteiger charge is 2.21. The average molecular weight is 234 g/mol. The number of hydrogen-bond acceptors (Lipinski definition) is 5. The molecule has 92 valence electrons. The van der Waals surface area contributed by atoms with Crippen molar-refractivity contribution in [2.45, 2.75) is 25.8 Å². The maximum absolute atomic E-state index is 5.79. The fourth-order valence-corrected chi connectivity index (χ4v) is 1.63. The third-order valence-electron chi connectivity index (χ3n) is 3.18. The van der Waals surface area contributed by atoms with Crippen LogP contribution in [0.4, 0.5) is 5.82 Å². The van der Waals surface area contributed by atoms with Crippen LogP contribution in [-0.4, -0.2) is 31.8 Å². The first-order valence-corrected chi connectivity index (χ1v) is 5.70. The topological polar surface area (TPSA) is 81.7 Å². The van der Waals surface area contributed by atoms with E-state index in [1.807, 2.05) is 7.05 Å². The van der Waals surface area contributed by atoms with Crippen LogP contribution in [0.2, 0.25) is 0 Å². The Bertz CT molecular complexity index is 514. The van der Waals surface area contributed by atoms with Crippen LogP contribution >= 0.6 is 0 Å². The fourth-order valence-electron chi connectivity index (χ4n) is 1.63. The zero-order valence-electron chi connectivity index (χ0n) is 10.4. The molecule has 0 amide bonds. The Kier molecular flexibility index (Phi) is 2.97. The van der Waals surface area contributed by atoms with E-state index < -0.39 is 0 Å². The molecule has 0 aliphatic heterocycles. The summed E-state index contributed by atoms with van der Waals surface area (Å²) in [4.78, 5) is 8.47. The van der Waals surface area contributed by atoms with Gasteiger partial charge >= 0.3 is 0 Å². The Morgan fingerprint density at radius 3 is 2.88 bits per heavy atom. The summed E-state index contributed by atoms with van der Waals surface area (Å²) in [5.41, 5.74) is 6.45. The summed E-state index contributed by atoms with van der Waals surface area (Å²) in [5, 5.41) is 8.48. The quantitative estimate of drug-likeness (QED) is 0.821. The molecular weight excluding hydrogens is 216 g/mol. The molecule has 0 aromatic carbocycles. The summed E-state index contributed by atoms with van der Waals surface area (Å²) in [6.07, 6.45) is 4.23. The van der Waals surface area contributed by atoms with Crippen molar-refractivity contribution in [2.24, 2.45) is 12.8 Å². The molecule has 17 heavy (non-hydrogen) atoms. The highest BCUT2D eigenvalue weighted by molar-refractivity contribution is 5.86. The first-order chi connectivity index (χ1) is 8.09. The molecule has 6 nitrogen and oxygen atoms in total. The van der Waals surface area contributed by atoms with Crippen molar-refractivity contribution in [1.82, 2.24) is 19.7 Å². The second-order valence-electron chi connectivity index (χ2n) is 4.47. The molecule has 0 spiro atoms. The maximum Gasteiger partial charge on any atom is 0.163 e. The zero-order valence-corrected chi connectivity index (χ0v) is 10.4. The minimum Gasteiger partial charge on any atom is -0.363 e. The van der Waals surface area contributed by atoms with Gasteiger partial charge in [-0.2, -0.15) is 5.10 Å². The third kappa shape index (κ3) is 2.08. The second-order valence-corrected chi connectivity index (χ2v) is 4.47. The van der Waals surface area contributed by atoms with Gasteiger partial charge in [-0.15, -0.1) is 0 Å². The number of nitrogens with zero attached hydrogens (tertiary/aromatic N) is 4. The van der Waals surface area contributed by atoms with Crippen LogP contribution in [0.3, 0.4) is 0 Å². The minimum absolute atomic E-state index is 0.156. The Morgan fingerprint density at radius 1 is 1.47 bits per heavy atom. The molecule has 3 N–H and O–H groups in total. The fraction of sp³-hybridized carbons (Fsp3) is 0.545. The molecule has 1 atom stereocenters. The van der Waals surface area contributed by atoms with Gasteiger partial charge in [-0.05, 0) is 13.3 Å². The van der Waals surface area contributed by atoms with E-state index in [2.05, 4.69) is 34.2 Å². The zero-order chi connectivity index (χ0) is 12.5. The molecule has 6 heteroatoms. The number of fused-ring (bicyclic) bond motifs is 1. The number of nitrogens with one attached hydrogen (secondary N) is 1. The van der Waals surface area contributed by atoms with Crippen molar-refractivity contribution in [3.8, 4) is 0 Å². The summed E-state index contributed by atoms with van der Waals surface area (Å²) in [5.74, 6) is 0.790. The van der Waals surface area contributed by atoms with Crippen LogP contribution in [0.25, 0.3) is 11.0 Å². The predicted molar refractivity (Wildman–Crippen MR) is 67.7 cm³/mol. The third-order valence-corrected chi connectivity index (χ3v) is 3.18. The average Bonchev–Trinajstić information content (AvgIpc) is 2.72. The number of anilines is 1. The van der Waals surface area contributed by atoms with Gasteiger partial charge in [0, 0.05) is 19.1 Å². The van der Waals surface area contributed by atoms with E-state index in [1.165, 1.54) is 0 Å².